The fourth-order valence-electron chi connectivity index (χ4n) is 2.27. The van der Waals surface area contributed by atoms with Gasteiger partial charge in [-0.05, 0) is 12.8 Å². The molecule has 0 aromatic rings. The standard InChI is InChI=1S/C10H19N3O3S2/c11-10(17)9-8-13(6-7-16-9)18(14,15)12-4-2-1-3-5-12/h9H,1-8H2,(H2,11,17). The van der Waals surface area contributed by atoms with Gasteiger partial charge in [-0.3, -0.25) is 0 Å². The molecule has 0 aliphatic carbocycles. The monoisotopic (exact) mass is 293 g/mol. The zero-order valence-corrected chi connectivity index (χ0v) is 11.9. The van der Waals surface area contributed by atoms with E-state index in [1.54, 1.807) is 4.31 Å². The summed E-state index contributed by atoms with van der Waals surface area (Å²) in [5.74, 6) is 0. The van der Waals surface area contributed by atoms with Crippen LogP contribution >= 0.6 is 12.2 Å². The summed E-state index contributed by atoms with van der Waals surface area (Å²) >= 11 is 4.87. The van der Waals surface area contributed by atoms with Crippen LogP contribution in [-0.2, 0) is 14.9 Å². The molecule has 2 N–H and O–H groups in total. The van der Waals surface area contributed by atoms with Gasteiger partial charge in [-0.2, -0.15) is 17.0 Å². The van der Waals surface area contributed by atoms with Gasteiger partial charge >= 0.3 is 0 Å². The highest BCUT2D eigenvalue weighted by Crippen LogP contribution is 2.18. The molecule has 2 fully saturated rings. The minimum absolute atomic E-state index is 0.216. The van der Waals surface area contributed by atoms with Crippen LogP contribution in [0, 0.1) is 0 Å². The first kappa shape index (κ1) is 14.1. The van der Waals surface area contributed by atoms with E-state index in [0.717, 1.165) is 19.3 Å². The van der Waals surface area contributed by atoms with Crippen LogP contribution in [0.3, 0.4) is 0 Å². The van der Waals surface area contributed by atoms with Gasteiger partial charge in [-0.15, -0.1) is 0 Å². The Balaban J connectivity index is 2.06. The average Bonchev–Trinajstić information content (AvgIpc) is 2.40. The maximum absolute atomic E-state index is 12.4. The summed E-state index contributed by atoms with van der Waals surface area (Å²) in [4.78, 5) is 0.216. The molecule has 104 valence electrons. The van der Waals surface area contributed by atoms with Gasteiger partial charge in [0.2, 0.25) is 0 Å². The first-order valence-corrected chi connectivity index (χ1v) is 7.98. The molecule has 2 rings (SSSR count). The summed E-state index contributed by atoms with van der Waals surface area (Å²) in [5.41, 5.74) is 5.52. The van der Waals surface area contributed by atoms with Gasteiger partial charge in [-0.25, -0.2) is 0 Å². The van der Waals surface area contributed by atoms with Crippen molar-refractivity contribution in [3.8, 4) is 0 Å². The largest absolute Gasteiger partial charge is 0.391 e. The SMILES string of the molecule is NC(=S)C1CN(S(=O)(=O)N2CCCCC2)CCO1. The van der Waals surface area contributed by atoms with Crippen LogP contribution in [0.1, 0.15) is 19.3 Å². The molecule has 2 heterocycles. The van der Waals surface area contributed by atoms with Gasteiger partial charge in [-0.1, -0.05) is 18.6 Å². The van der Waals surface area contributed by atoms with Crippen LogP contribution in [0.15, 0.2) is 0 Å². The predicted octanol–water partition coefficient (Wildman–Crippen LogP) is -0.296. The topological polar surface area (TPSA) is 75.9 Å². The second-order valence-corrected chi connectivity index (χ2v) is 6.99. The Morgan fingerprint density at radius 1 is 1.17 bits per heavy atom. The zero-order valence-electron chi connectivity index (χ0n) is 10.2. The van der Waals surface area contributed by atoms with Gasteiger partial charge < -0.3 is 10.5 Å². The smallest absolute Gasteiger partial charge is 0.282 e. The Morgan fingerprint density at radius 2 is 1.83 bits per heavy atom. The molecule has 8 heteroatoms. The number of hydrogen-bond donors (Lipinski definition) is 1. The van der Waals surface area contributed by atoms with Crippen molar-refractivity contribution in [2.45, 2.75) is 25.4 Å². The Bertz CT molecular complexity index is 407. The molecule has 0 amide bonds. The lowest BCUT2D eigenvalue weighted by Gasteiger charge is -2.36. The molecule has 0 aromatic heterocycles. The van der Waals surface area contributed by atoms with Crippen molar-refractivity contribution in [1.82, 2.24) is 8.61 Å². The molecule has 0 spiro atoms. The summed E-state index contributed by atoms with van der Waals surface area (Å²) in [5, 5.41) is 0. The van der Waals surface area contributed by atoms with Crippen molar-refractivity contribution in [3.63, 3.8) is 0 Å². The third-order valence-corrected chi connectivity index (χ3v) is 5.58. The van der Waals surface area contributed by atoms with Crippen molar-refractivity contribution < 1.29 is 13.2 Å². The van der Waals surface area contributed by atoms with Crippen molar-refractivity contribution in [2.75, 3.05) is 32.8 Å². The van der Waals surface area contributed by atoms with E-state index in [1.807, 2.05) is 0 Å². The highest BCUT2D eigenvalue weighted by molar-refractivity contribution is 7.86. The summed E-state index contributed by atoms with van der Waals surface area (Å²) in [7, 11) is -3.38. The third kappa shape index (κ3) is 3.00. The number of hydrogen-bond acceptors (Lipinski definition) is 4. The second kappa shape index (κ2) is 5.79. The molecule has 1 atom stereocenters. The van der Waals surface area contributed by atoms with Crippen LogP contribution in [0.4, 0.5) is 0 Å². The first-order valence-electron chi connectivity index (χ1n) is 6.18. The molecule has 0 aromatic carbocycles. The number of thiocarbonyl (C=S) groups is 1. The Hall–Kier alpha value is -0.280. The molecule has 0 radical (unpaired) electrons. The van der Waals surface area contributed by atoms with Gasteiger partial charge in [0, 0.05) is 26.2 Å². The Kier molecular flexibility index (Phi) is 4.54. The van der Waals surface area contributed by atoms with Gasteiger partial charge in [0.25, 0.3) is 10.2 Å². The van der Waals surface area contributed by atoms with Crippen molar-refractivity contribution in [2.24, 2.45) is 5.73 Å². The quantitative estimate of drug-likeness (QED) is 0.723. The number of ether oxygens (including phenoxy) is 1. The van der Waals surface area contributed by atoms with Crippen LogP contribution in [0.2, 0.25) is 0 Å². The fourth-order valence-corrected chi connectivity index (χ4v) is 4.08. The predicted molar refractivity (Wildman–Crippen MR) is 72.4 cm³/mol. The van der Waals surface area contributed by atoms with E-state index in [-0.39, 0.29) is 11.5 Å². The molecular formula is C10H19N3O3S2. The van der Waals surface area contributed by atoms with Gasteiger partial charge in [0.15, 0.2) is 0 Å². The van der Waals surface area contributed by atoms with E-state index < -0.39 is 16.3 Å². The van der Waals surface area contributed by atoms with E-state index in [4.69, 9.17) is 22.7 Å². The minimum atomic E-state index is -3.38. The van der Waals surface area contributed by atoms with E-state index in [9.17, 15) is 8.42 Å². The lowest BCUT2D eigenvalue weighted by atomic mass is 10.2. The second-order valence-electron chi connectivity index (χ2n) is 4.59. The molecule has 6 nitrogen and oxygen atoms in total. The molecule has 2 aliphatic heterocycles. The van der Waals surface area contributed by atoms with Gasteiger partial charge in [0.1, 0.15) is 11.1 Å². The zero-order chi connectivity index (χ0) is 13.2. The van der Waals surface area contributed by atoms with Crippen molar-refractivity contribution in [3.05, 3.63) is 0 Å². The summed E-state index contributed by atoms with van der Waals surface area (Å²) in [6.45, 7) is 2.16. The summed E-state index contributed by atoms with van der Waals surface area (Å²) < 4.78 is 33.2. The van der Waals surface area contributed by atoms with E-state index >= 15 is 0 Å². The van der Waals surface area contributed by atoms with E-state index in [0.29, 0.717) is 26.2 Å². The molecule has 0 bridgehead atoms. The van der Waals surface area contributed by atoms with Crippen LogP contribution in [0.5, 0.6) is 0 Å². The molecule has 1 unspecified atom stereocenters. The molecule has 0 saturated carbocycles. The molecule has 18 heavy (non-hydrogen) atoms. The average molecular weight is 293 g/mol. The number of piperidine rings is 1. The van der Waals surface area contributed by atoms with Gasteiger partial charge in [0.05, 0.1) is 6.61 Å². The van der Waals surface area contributed by atoms with Crippen molar-refractivity contribution >= 4 is 27.4 Å². The molecular weight excluding hydrogens is 274 g/mol. The number of rotatable bonds is 3. The number of nitrogens with two attached hydrogens (primary N) is 1. The maximum Gasteiger partial charge on any atom is 0.282 e. The van der Waals surface area contributed by atoms with E-state index in [1.165, 1.54) is 4.31 Å². The normalized spacial score (nSPS) is 28.1. The third-order valence-electron chi connectivity index (χ3n) is 3.31. The molecule has 2 aliphatic rings. The fraction of sp³-hybridized carbons (Fsp3) is 0.900. The Morgan fingerprint density at radius 3 is 2.44 bits per heavy atom. The minimum Gasteiger partial charge on any atom is -0.391 e. The number of morpholine rings is 1. The van der Waals surface area contributed by atoms with Crippen LogP contribution in [-0.4, -0.2) is 60.9 Å². The maximum atomic E-state index is 12.4. The van der Waals surface area contributed by atoms with Crippen LogP contribution in [0.25, 0.3) is 0 Å². The highest BCUT2D eigenvalue weighted by atomic mass is 32.2. The summed E-state index contributed by atoms with van der Waals surface area (Å²) in [6.07, 6.45) is 2.50. The Labute approximate surface area is 113 Å². The molecule has 2 saturated heterocycles. The van der Waals surface area contributed by atoms with Crippen LogP contribution < -0.4 is 5.73 Å². The van der Waals surface area contributed by atoms with Crippen molar-refractivity contribution in [1.29, 1.82) is 0 Å². The van der Waals surface area contributed by atoms with E-state index in [2.05, 4.69) is 0 Å². The number of nitrogens with zero attached hydrogens (tertiary/aromatic N) is 2. The lowest BCUT2D eigenvalue weighted by Crippen LogP contribution is -2.54. The lowest BCUT2D eigenvalue weighted by molar-refractivity contribution is 0.0360. The highest BCUT2D eigenvalue weighted by Gasteiger charge is 2.35. The first-order chi connectivity index (χ1) is 8.51. The summed E-state index contributed by atoms with van der Waals surface area (Å²) in [6, 6.07) is 0.